The Morgan fingerprint density at radius 2 is 1.67 bits per heavy atom. The molecule has 0 saturated carbocycles. The molecule has 2 atom stereocenters. The van der Waals surface area contributed by atoms with Crippen molar-refractivity contribution in [2.24, 2.45) is 0 Å². The average Bonchev–Trinajstić information content (AvgIpc) is 2.60. The maximum atomic E-state index is 13.1. The Labute approximate surface area is 147 Å². The zero-order chi connectivity index (χ0) is 17.5. The van der Waals surface area contributed by atoms with Crippen molar-refractivity contribution in [1.29, 1.82) is 0 Å². The molecule has 2 aromatic rings. The fraction of sp³-hybridized carbons (Fsp3) is 0.381. The fourth-order valence-corrected chi connectivity index (χ4v) is 4.19. The molecule has 0 aliphatic rings. The lowest BCUT2D eigenvalue weighted by molar-refractivity contribution is -0.120. The van der Waals surface area contributed by atoms with Crippen molar-refractivity contribution in [2.75, 3.05) is 0 Å². The maximum Gasteiger partial charge on any atom is 0.140 e. The quantitative estimate of drug-likeness (QED) is 0.642. The SMILES string of the molecule is CCCC(=O)[C@@H](CCC)c1ccccc1[S@@](=O)c1ccc(C)cc1. The van der Waals surface area contributed by atoms with Gasteiger partial charge in [-0.05, 0) is 43.5 Å². The molecular formula is C21H26O2S. The summed E-state index contributed by atoms with van der Waals surface area (Å²) in [5.41, 5.74) is 2.07. The molecule has 0 N–H and O–H groups in total. The summed E-state index contributed by atoms with van der Waals surface area (Å²) in [6, 6.07) is 15.5. The Balaban J connectivity index is 2.42. The van der Waals surface area contributed by atoms with Gasteiger partial charge in [0.15, 0.2) is 0 Å². The molecule has 0 radical (unpaired) electrons. The maximum absolute atomic E-state index is 13.1. The Bertz CT molecular complexity index is 704. The van der Waals surface area contributed by atoms with Crippen LogP contribution in [0.5, 0.6) is 0 Å². The van der Waals surface area contributed by atoms with Gasteiger partial charge < -0.3 is 0 Å². The van der Waals surface area contributed by atoms with E-state index in [2.05, 4.69) is 6.92 Å². The van der Waals surface area contributed by atoms with Gasteiger partial charge in [-0.1, -0.05) is 56.2 Å². The fourth-order valence-electron chi connectivity index (χ4n) is 2.93. The Morgan fingerprint density at radius 3 is 2.29 bits per heavy atom. The molecule has 0 bridgehead atoms. The number of hydrogen-bond acceptors (Lipinski definition) is 2. The molecular weight excluding hydrogens is 316 g/mol. The van der Waals surface area contributed by atoms with Gasteiger partial charge in [0, 0.05) is 22.1 Å². The molecule has 24 heavy (non-hydrogen) atoms. The molecule has 0 amide bonds. The number of aryl methyl sites for hydroxylation is 1. The van der Waals surface area contributed by atoms with Gasteiger partial charge in [-0.15, -0.1) is 0 Å². The molecule has 0 aromatic heterocycles. The third-order valence-electron chi connectivity index (χ3n) is 4.19. The first-order valence-electron chi connectivity index (χ1n) is 8.68. The highest BCUT2D eigenvalue weighted by Gasteiger charge is 2.24. The molecule has 0 unspecified atom stereocenters. The highest BCUT2D eigenvalue weighted by molar-refractivity contribution is 7.85. The summed E-state index contributed by atoms with van der Waals surface area (Å²) in [5, 5.41) is 0. The van der Waals surface area contributed by atoms with E-state index in [0.29, 0.717) is 6.42 Å². The predicted octanol–water partition coefficient (Wildman–Crippen LogP) is 5.41. The second kappa shape index (κ2) is 8.93. The van der Waals surface area contributed by atoms with E-state index in [4.69, 9.17) is 0 Å². The van der Waals surface area contributed by atoms with Crippen LogP contribution in [0.25, 0.3) is 0 Å². The second-order valence-corrected chi connectivity index (χ2v) is 7.63. The van der Waals surface area contributed by atoms with Crippen LogP contribution in [0, 0.1) is 6.92 Å². The molecule has 0 saturated heterocycles. The summed E-state index contributed by atoms with van der Waals surface area (Å²) >= 11 is 0. The van der Waals surface area contributed by atoms with Gasteiger partial charge >= 0.3 is 0 Å². The first kappa shape index (κ1) is 18.6. The summed E-state index contributed by atoms with van der Waals surface area (Å²) in [6.07, 6.45) is 3.17. The molecule has 0 aliphatic carbocycles. The van der Waals surface area contributed by atoms with Gasteiger partial charge in [0.05, 0.1) is 10.8 Å². The number of rotatable bonds is 8. The summed E-state index contributed by atoms with van der Waals surface area (Å²) in [4.78, 5) is 14.1. The van der Waals surface area contributed by atoms with Crippen LogP contribution in [-0.4, -0.2) is 9.99 Å². The zero-order valence-electron chi connectivity index (χ0n) is 14.7. The van der Waals surface area contributed by atoms with E-state index in [-0.39, 0.29) is 11.7 Å². The minimum Gasteiger partial charge on any atom is -0.299 e. The molecule has 3 heteroatoms. The van der Waals surface area contributed by atoms with Crippen molar-refractivity contribution in [3.05, 3.63) is 59.7 Å². The smallest absolute Gasteiger partial charge is 0.140 e. The van der Waals surface area contributed by atoms with E-state index < -0.39 is 10.8 Å². The van der Waals surface area contributed by atoms with Gasteiger partial charge in [-0.3, -0.25) is 4.79 Å². The monoisotopic (exact) mass is 342 g/mol. The third-order valence-corrected chi connectivity index (χ3v) is 5.66. The normalized spacial score (nSPS) is 13.5. The van der Waals surface area contributed by atoms with Crippen molar-refractivity contribution in [1.82, 2.24) is 0 Å². The number of hydrogen-bond donors (Lipinski definition) is 0. The second-order valence-electron chi connectivity index (χ2n) is 6.18. The standard InChI is InChI=1S/C21H26O2S/c1-4-8-18(20(22)9-5-2)19-10-6-7-11-21(19)24(23)17-14-12-16(3)13-15-17/h6-7,10-15,18H,4-5,8-9H2,1-3H3/t18-,24-/m0/s1. The first-order valence-corrected chi connectivity index (χ1v) is 9.83. The Hall–Kier alpha value is -1.74. The van der Waals surface area contributed by atoms with E-state index >= 15 is 0 Å². The Morgan fingerprint density at radius 1 is 1.00 bits per heavy atom. The Kier molecular flexibility index (Phi) is 6.92. The van der Waals surface area contributed by atoms with Crippen LogP contribution >= 0.6 is 0 Å². The third kappa shape index (κ3) is 4.41. The van der Waals surface area contributed by atoms with Gasteiger partial charge in [0.2, 0.25) is 0 Å². The molecule has 0 heterocycles. The number of benzene rings is 2. The largest absolute Gasteiger partial charge is 0.299 e. The van der Waals surface area contributed by atoms with Crippen molar-refractivity contribution < 1.29 is 9.00 Å². The van der Waals surface area contributed by atoms with Crippen LogP contribution in [0.15, 0.2) is 58.3 Å². The van der Waals surface area contributed by atoms with Crippen molar-refractivity contribution in [2.45, 2.75) is 62.2 Å². The summed E-state index contributed by atoms with van der Waals surface area (Å²) < 4.78 is 13.1. The van der Waals surface area contributed by atoms with Crippen LogP contribution < -0.4 is 0 Å². The lowest BCUT2D eigenvalue weighted by atomic mass is 9.88. The molecule has 0 aliphatic heterocycles. The van der Waals surface area contributed by atoms with Crippen LogP contribution in [-0.2, 0) is 15.6 Å². The summed E-state index contributed by atoms with van der Waals surface area (Å²) in [7, 11) is -1.26. The van der Waals surface area contributed by atoms with Gasteiger partial charge in [-0.2, -0.15) is 0 Å². The average molecular weight is 343 g/mol. The molecule has 2 rings (SSSR count). The van der Waals surface area contributed by atoms with Gasteiger partial charge in [0.25, 0.3) is 0 Å². The number of carbonyl (C=O) groups excluding carboxylic acids is 1. The van der Waals surface area contributed by atoms with Gasteiger partial charge in [-0.25, -0.2) is 4.21 Å². The molecule has 128 valence electrons. The van der Waals surface area contributed by atoms with E-state index in [0.717, 1.165) is 40.2 Å². The van der Waals surface area contributed by atoms with E-state index in [1.807, 2.05) is 62.4 Å². The summed E-state index contributed by atoms with van der Waals surface area (Å²) in [6.45, 7) is 6.13. The number of carbonyl (C=O) groups is 1. The van der Waals surface area contributed by atoms with Gasteiger partial charge in [0.1, 0.15) is 5.78 Å². The van der Waals surface area contributed by atoms with Crippen molar-refractivity contribution >= 4 is 16.6 Å². The lowest BCUT2D eigenvalue weighted by Gasteiger charge is -2.19. The first-order chi connectivity index (χ1) is 11.6. The van der Waals surface area contributed by atoms with Crippen LogP contribution in [0.4, 0.5) is 0 Å². The van der Waals surface area contributed by atoms with Crippen molar-refractivity contribution in [3.63, 3.8) is 0 Å². The number of ketones is 1. The van der Waals surface area contributed by atoms with E-state index in [1.54, 1.807) is 0 Å². The summed E-state index contributed by atoms with van der Waals surface area (Å²) in [5.74, 6) is 0.105. The predicted molar refractivity (Wildman–Crippen MR) is 99.9 cm³/mol. The molecule has 0 fully saturated rings. The number of Topliss-reactive ketones (excluding diaryl/α,β-unsaturated/α-hetero) is 1. The zero-order valence-corrected chi connectivity index (χ0v) is 15.6. The van der Waals surface area contributed by atoms with E-state index in [1.165, 1.54) is 0 Å². The highest BCUT2D eigenvalue weighted by atomic mass is 32.2. The highest BCUT2D eigenvalue weighted by Crippen LogP contribution is 2.31. The van der Waals surface area contributed by atoms with Crippen LogP contribution in [0.3, 0.4) is 0 Å². The minimum atomic E-state index is -1.26. The molecule has 0 spiro atoms. The lowest BCUT2D eigenvalue weighted by Crippen LogP contribution is -2.14. The van der Waals surface area contributed by atoms with Crippen LogP contribution in [0.1, 0.15) is 56.6 Å². The topological polar surface area (TPSA) is 34.1 Å². The molecule has 2 nitrogen and oxygen atoms in total. The van der Waals surface area contributed by atoms with Crippen molar-refractivity contribution in [3.8, 4) is 0 Å². The van der Waals surface area contributed by atoms with Crippen LogP contribution in [0.2, 0.25) is 0 Å². The minimum absolute atomic E-state index is 0.152. The van der Waals surface area contributed by atoms with E-state index in [9.17, 15) is 9.00 Å². The molecule has 2 aromatic carbocycles.